The van der Waals surface area contributed by atoms with Crippen LogP contribution in [-0.2, 0) is 4.79 Å². The number of benzene rings is 2. The Morgan fingerprint density at radius 3 is 2.30 bits per heavy atom. The molecule has 0 bridgehead atoms. The van der Waals surface area contributed by atoms with Gasteiger partial charge in [-0.25, -0.2) is 4.79 Å². The number of imide groups is 1. The third-order valence-electron chi connectivity index (χ3n) is 5.20. The quantitative estimate of drug-likeness (QED) is 0.642. The van der Waals surface area contributed by atoms with Gasteiger partial charge in [0, 0.05) is 5.39 Å². The lowest BCUT2D eigenvalue weighted by molar-refractivity contribution is -0.132. The van der Waals surface area contributed by atoms with Gasteiger partial charge in [-0.2, -0.15) is 14.8 Å². The lowest BCUT2D eigenvalue weighted by Gasteiger charge is -2.19. The Balaban J connectivity index is 1.80. The number of hydrogen-bond acceptors (Lipinski definition) is 5. The summed E-state index contributed by atoms with van der Waals surface area (Å²) >= 11 is 0. The van der Waals surface area contributed by atoms with Gasteiger partial charge in [-0.3, -0.25) is 19.8 Å². The number of urea groups is 1. The monoisotopic (exact) mass is 405 g/mol. The van der Waals surface area contributed by atoms with Crippen molar-refractivity contribution < 1.29 is 14.4 Å². The highest BCUT2D eigenvalue weighted by atomic mass is 16.2. The van der Waals surface area contributed by atoms with Crippen LogP contribution in [0.2, 0.25) is 0 Å². The van der Waals surface area contributed by atoms with Gasteiger partial charge >= 0.3 is 6.03 Å². The minimum absolute atomic E-state index is 0.0836. The van der Waals surface area contributed by atoms with Crippen molar-refractivity contribution in [2.45, 2.75) is 25.8 Å². The number of hydrogen-bond donors (Lipinski definition) is 2. The zero-order valence-corrected chi connectivity index (χ0v) is 16.4. The fraction of sp³-hybridized carbons (Fsp3) is 0.190. The van der Waals surface area contributed by atoms with Gasteiger partial charge in [0.05, 0.1) is 11.1 Å². The van der Waals surface area contributed by atoms with Crippen LogP contribution in [0.25, 0.3) is 16.5 Å². The van der Waals surface area contributed by atoms with Gasteiger partial charge in [-0.1, -0.05) is 43.3 Å². The number of para-hydroxylation sites is 1. The minimum atomic E-state index is -1.09. The molecule has 0 saturated carbocycles. The lowest BCUT2D eigenvalue weighted by atomic mass is 10.00. The molecule has 4 rings (SSSR count). The molecule has 152 valence electrons. The average molecular weight is 405 g/mol. The first-order chi connectivity index (χ1) is 14.4. The molecule has 2 N–H and O–H groups in total. The Morgan fingerprint density at radius 1 is 1.03 bits per heavy atom. The Labute approximate surface area is 171 Å². The first-order valence-corrected chi connectivity index (χ1v) is 9.41. The Kier molecular flexibility index (Phi) is 4.57. The van der Waals surface area contributed by atoms with Gasteiger partial charge in [0.2, 0.25) is 0 Å². The largest absolute Gasteiger partial charge is 0.344 e. The molecule has 0 spiro atoms. The molecule has 1 fully saturated rings. The summed E-state index contributed by atoms with van der Waals surface area (Å²) < 4.78 is 1.12. The van der Waals surface area contributed by atoms with E-state index in [9.17, 15) is 19.2 Å². The van der Waals surface area contributed by atoms with Gasteiger partial charge < -0.3 is 5.32 Å². The summed E-state index contributed by atoms with van der Waals surface area (Å²) in [5.41, 5.74) is 1.25. The van der Waals surface area contributed by atoms with E-state index >= 15 is 0 Å². The molecular weight excluding hydrogens is 386 g/mol. The van der Waals surface area contributed by atoms with Crippen LogP contribution in [0.4, 0.5) is 4.79 Å². The molecular formula is C21H19N5O4. The fourth-order valence-electron chi connectivity index (χ4n) is 3.28. The van der Waals surface area contributed by atoms with E-state index in [0.29, 0.717) is 22.5 Å². The van der Waals surface area contributed by atoms with E-state index in [2.05, 4.69) is 15.8 Å². The Hall–Kier alpha value is -4.01. The number of amides is 4. The van der Waals surface area contributed by atoms with Crippen molar-refractivity contribution in [2.24, 2.45) is 0 Å². The standard InChI is InChI=1S/C21H19N5O4/c1-3-21(2)19(29)26(20(30)22-21)24-17(27)16-14-11-7-8-12-15(14)18(28)25(23-16)13-9-5-4-6-10-13/h4-12H,3H2,1-2H3,(H,22,30)(H,24,27)/t21-/m0/s1. The van der Waals surface area contributed by atoms with Crippen molar-refractivity contribution >= 4 is 28.6 Å². The normalized spacial score (nSPS) is 18.5. The number of hydrazine groups is 1. The fourth-order valence-corrected chi connectivity index (χ4v) is 3.28. The van der Waals surface area contributed by atoms with Crippen LogP contribution in [0, 0.1) is 0 Å². The number of rotatable bonds is 4. The number of nitrogens with one attached hydrogen (secondary N) is 2. The third kappa shape index (κ3) is 3.00. The molecule has 2 aromatic carbocycles. The molecule has 4 amide bonds. The highest BCUT2D eigenvalue weighted by Crippen LogP contribution is 2.20. The second-order valence-corrected chi connectivity index (χ2v) is 7.14. The third-order valence-corrected chi connectivity index (χ3v) is 5.20. The molecule has 9 nitrogen and oxygen atoms in total. The zero-order chi connectivity index (χ0) is 21.5. The molecule has 2 heterocycles. The maximum atomic E-state index is 13.0. The summed E-state index contributed by atoms with van der Waals surface area (Å²) in [5, 5.41) is 8.07. The Morgan fingerprint density at radius 2 is 1.67 bits per heavy atom. The van der Waals surface area contributed by atoms with Crippen LogP contribution in [-0.4, -0.2) is 38.2 Å². The van der Waals surface area contributed by atoms with Crippen LogP contribution in [0.3, 0.4) is 0 Å². The summed E-state index contributed by atoms with van der Waals surface area (Å²) in [6.07, 6.45) is 0.365. The molecule has 1 atom stereocenters. The van der Waals surface area contributed by atoms with Crippen molar-refractivity contribution in [3.8, 4) is 5.69 Å². The van der Waals surface area contributed by atoms with E-state index < -0.39 is 23.4 Å². The summed E-state index contributed by atoms with van der Waals surface area (Å²) in [4.78, 5) is 50.8. The molecule has 0 radical (unpaired) electrons. The number of fused-ring (bicyclic) bond motifs is 1. The van der Waals surface area contributed by atoms with Crippen molar-refractivity contribution in [1.29, 1.82) is 0 Å². The van der Waals surface area contributed by atoms with Crippen LogP contribution in [0.15, 0.2) is 59.4 Å². The van der Waals surface area contributed by atoms with E-state index in [0.717, 1.165) is 4.68 Å². The average Bonchev–Trinajstić information content (AvgIpc) is 2.98. The summed E-state index contributed by atoms with van der Waals surface area (Å²) in [6, 6.07) is 14.5. The van der Waals surface area contributed by atoms with Gasteiger partial charge in [0.15, 0.2) is 5.69 Å². The smallest absolute Gasteiger partial charge is 0.322 e. The molecule has 30 heavy (non-hydrogen) atoms. The maximum absolute atomic E-state index is 13.0. The van der Waals surface area contributed by atoms with Crippen molar-refractivity contribution in [2.75, 3.05) is 0 Å². The van der Waals surface area contributed by atoms with Gasteiger partial charge in [-0.05, 0) is 31.5 Å². The van der Waals surface area contributed by atoms with Crippen molar-refractivity contribution in [3.05, 3.63) is 70.6 Å². The minimum Gasteiger partial charge on any atom is -0.322 e. The summed E-state index contributed by atoms with van der Waals surface area (Å²) in [6.45, 7) is 3.34. The van der Waals surface area contributed by atoms with Crippen molar-refractivity contribution in [3.63, 3.8) is 0 Å². The molecule has 9 heteroatoms. The van der Waals surface area contributed by atoms with E-state index in [1.807, 2.05) is 0 Å². The molecule has 1 aliphatic rings. The van der Waals surface area contributed by atoms with Crippen LogP contribution in [0.5, 0.6) is 0 Å². The lowest BCUT2D eigenvalue weighted by Crippen LogP contribution is -2.49. The number of nitrogens with zero attached hydrogens (tertiary/aromatic N) is 3. The molecule has 1 saturated heterocycles. The molecule has 1 aliphatic heterocycles. The topological polar surface area (TPSA) is 113 Å². The SMILES string of the molecule is CC[C@]1(C)NC(=O)N(NC(=O)c2nn(-c3ccccc3)c(=O)c3ccccc23)C1=O. The summed E-state index contributed by atoms with van der Waals surface area (Å²) in [5.74, 6) is -1.34. The predicted molar refractivity (Wildman–Crippen MR) is 109 cm³/mol. The highest BCUT2D eigenvalue weighted by Gasteiger charge is 2.47. The van der Waals surface area contributed by atoms with E-state index in [-0.39, 0.29) is 16.6 Å². The highest BCUT2D eigenvalue weighted by molar-refractivity contribution is 6.11. The van der Waals surface area contributed by atoms with Gasteiger partial charge in [0.1, 0.15) is 5.54 Å². The van der Waals surface area contributed by atoms with E-state index in [1.54, 1.807) is 68.4 Å². The number of aromatic nitrogens is 2. The van der Waals surface area contributed by atoms with Crippen LogP contribution >= 0.6 is 0 Å². The second kappa shape index (κ2) is 7.11. The van der Waals surface area contributed by atoms with Crippen LogP contribution in [0.1, 0.15) is 30.8 Å². The Bertz CT molecular complexity index is 1240. The zero-order valence-electron chi connectivity index (χ0n) is 16.4. The summed E-state index contributed by atoms with van der Waals surface area (Å²) in [7, 11) is 0. The van der Waals surface area contributed by atoms with Gasteiger partial charge in [-0.15, -0.1) is 0 Å². The molecule has 0 aliphatic carbocycles. The van der Waals surface area contributed by atoms with Crippen LogP contribution < -0.4 is 16.3 Å². The number of carbonyl (C=O) groups is 3. The van der Waals surface area contributed by atoms with E-state index in [4.69, 9.17) is 0 Å². The molecule has 1 aromatic heterocycles. The first-order valence-electron chi connectivity index (χ1n) is 9.41. The first kappa shape index (κ1) is 19.3. The maximum Gasteiger partial charge on any atom is 0.344 e. The van der Waals surface area contributed by atoms with Crippen molar-refractivity contribution in [1.82, 2.24) is 25.5 Å². The van der Waals surface area contributed by atoms with Gasteiger partial charge in [0.25, 0.3) is 17.4 Å². The van der Waals surface area contributed by atoms with E-state index in [1.165, 1.54) is 0 Å². The molecule has 0 unspecified atom stereocenters. The second-order valence-electron chi connectivity index (χ2n) is 7.14. The predicted octanol–water partition coefficient (Wildman–Crippen LogP) is 1.75. The number of carbonyl (C=O) groups excluding carboxylic acids is 3. The molecule has 3 aromatic rings.